The van der Waals surface area contributed by atoms with E-state index in [2.05, 4.69) is 5.32 Å². The minimum atomic E-state index is -3.07. The van der Waals surface area contributed by atoms with Crippen molar-refractivity contribution in [1.29, 1.82) is 0 Å². The molecule has 2 atom stereocenters. The molecular weight excluding hydrogens is 356 g/mol. The van der Waals surface area contributed by atoms with Crippen LogP contribution in [0, 0.1) is 0 Å². The van der Waals surface area contributed by atoms with Gasteiger partial charge in [0.1, 0.15) is 11.8 Å². The minimum Gasteiger partial charge on any atom is -0.497 e. The van der Waals surface area contributed by atoms with Gasteiger partial charge in [0.15, 0.2) is 9.84 Å². The largest absolute Gasteiger partial charge is 0.497 e. The standard InChI is InChI=1S/C18H24N2O5S/c1-13(18(22)20(2)15-10-11-26(23,24)12-15)19-17(21)9-6-14-4-7-16(25-3)8-5-14/h4-9,13,15H,10-12H2,1-3H3,(H,19,21)/b9-6+. The van der Waals surface area contributed by atoms with E-state index in [9.17, 15) is 18.0 Å². The molecule has 0 aliphatic carbocycles. The van der Waals surface area contributed by atoms with Crippen molar-refractivity contribution in [2.24, 2.45) is 0 Å². The number of amides is 2. The van der Waals surface area contributed by atoms with Crippen LogP contribution in [0.1, 0.15) is 18.9 Å². The lowest BCUT2D eigenvalue weighted by Crippen LogP contribution is -2.49. The molecule has 1 aliphatic rings. The molecule has 26 heavy (non-hydrogen) atoms. The van der Waals surface area contributed by atoms with Crippen molar-refractivity contribution in [3.63, 3.8) is 0 Å². The third-order valence-electron chi connectivity index (χ3n) is 4.38. The Kier molecular flexibility index (Phi) is 6.42. The zero-order valence-corrected chi connectivity index (χ0v) is 16.0. The van der Waals surface area contributed by atoms with Gasteiger partial charge in [0.05, 0.1) is 18.6 Å². The molecule has 0 bridgehead atoms. The lowest BCUT2D eigenvalue weighted by atomic mass is 10.2. The molecule has 142 valence electrons. The van der Waals surface area contributed by atoms with Crippen molar-refractivity contribution in [1.82, 2.24) is 10.2 Å². The van der Waals surface area contributed by atoms with Gasteiger partial charge >= 0.3 is 0 Å². The van der Waals surface area contributed by atoms with E-state index < -0.39 is 21.8 Å². The van der Waals surface area contributed by atoms with E-state index >= 15 is 0 Å². The van der Waals surface area contributed by atoms with E-state index in [1.165, 1.54) is 11.0 Å². The molecule has 1 saturated heterocycles. The Bertz CT molecular complexity index is 786. The van der Waals surface area contributed by atoms with Gasteiger partial charge in [0, 0.05) is 19.2 Å². The summed E-state index contributed by atoms with van der Waals surface area (Å²) in [6, 6.07) is 6.12. The van der Waals surface area contributed by atoms with Crippen molar-refractivity contribution in [3.8, 4) is 5.75 Å². The first-order valence-electron chi connectivity index (χ1n) is 8.31. The average molecular weight is 380 g/mol. The Morgan fingerprint density at radius 1 is 1.31 bits per heavy atom. The number of nitrogens with zero attached hydrogens (tertiary/aromatic N) is 1. The summed E-state index contributed by atoms with van der Waals surface area (Å²) in [6.07, 6.45) is 3.42. The number of sulfone groups is 1. The summed E-state index contributed by atoms with van der Waals surface area (Å²) < 4.78 is 28.2. The molecule has 1 fully saturated rings. The van der Waals surface area contributed by atoms with E-state index in [1.807, 2.05) is 12.1 Å². The van der Waals surface area contributed by atoms with Crippen LogP contribution in [0.25, 0.3) is 6.08 Å². The van der Waals surface area contributed by atoms with Crippen LogP contribution in [0.15, 0.2) is 30.3 Å². The van der Waals surface area contributed by atoms with Crippen molar-refractivity contribution in [2.45, 2.75) is 25.4 Å². The first kappa shape index (κ1) is 20.0. The van der Waals surface area contributed by atoms with Gasteiger partial charge in [-0.05, 0) is 37.1 Å². The third-order valence-corrected chi connectivity index (χ3v) is 6.13. The second-order valence-electron chi connectivity index (χ2n) is 6.34. The van der Waals surface area contributed by atoms with E-state index in [1.54, 1.807) is 39.3 Å². The van der Waals surface area contributed by atoms with Gasteiger partial charge in [0.2, 0.25) is 11.8 Å². The predicted molar refractivity (Wildman–Crippen MR) is 99.5 cm³/mol. The molecule has 1 N–H and O–H groups in total. The SMILES string of the molecule is COc1ccc(/C=C/C(=O)NC(C)C(=O)N(C)C2CCS(=O)(=O)C2)cc1. The number of ether oxygens (including phenoxy) is 1. The van der Waals surface area contributed by atoms with Crippen LogP contribution in [-0.2, 0) is 19.4 Å². The highest BCUT2D eigenvalue weighted by Gasteiger charge is 2.34. The molecule has 1 aromatic carbocycles. The molecular formula is C18H24N2O5S. The number of likely N-dealkylation sites (N-methyl/N-ethyl adjacent to an activating group) is 1. The second kappa shape index (κ2) is 8.35. The summed E-state index contributed by atoms with van der Waals surface area (Å²) in [5.41, 5.74) is 0.827. The maximum absolute atomic E-state index is 12.4. The fourth-order valence-corrected chi connectivity index (χ4v) is 4.55. The van der Waals surface area contributed by atoms with Crippen molar-refractivity contribution in [3.05, 3.63) is 35.9 Å². The Balaban J connectivity index is 1.89. The number of methoxy groups -OCH3 is 1. The fraction of sp³-hybridized carbons (Fsp3) is 0.444. The number of nitrogens with one attached hydrogen (secondary N) is 1. The first-order valence-corrected chi connectivity index (χ1v) is 10.1. The van der Waals surface area contributed by atoms with E-state index in [0.717, 1.165) is 11.3 Å². The number of carbonyl (C=O) groups is 2. The van der Waals surface area contributed by atoms with E-state index in [0.29, 0.717) is 6.42 Å². The monoisotopic (exact) mass is 380 g/mol. The fourth-order valence-electron chi connectivity index (χ4n) is 2.78. The summed E-state index contributed by atoms with van der Waals surface area (Å²) in [5, 5.41) is 2.61. The second-order valence-corrected chi connectivity index (χ2v) is 8.57. The van der Waals surface area contributed by atoms with Crippen LogP contribution in [-0.4, -0.2) is 62.9 Å². The summed E-state index contributed by atoms with van der Waals surface area (Å²) in [4.78, 5) is 25.8. The number of hydrogen-bond donors (Lipinski definition) is 1. The van der Waals surface area contributed by atoms with Crippen LogP contribution in [0.4, 0.5) is 0 Å². The van der Waals surface area contributed by atoms with Crippen LogP contribution >= 0.6 is 0 Å². The van der Waals surface area contributed by atoms with Crippen molar-refractivity contribution >= 4 is 27.7 Å². The quantitative estimate of drug-likeness (QED) is 0.739. The lowest BCUT2D eigenvalue weighted by Gasteiger charge is -2.26. The maximum Gasteiger partial charge on any atom is 0.244 e. The topological polar surface area (TPSA) is 92.8 Å². The maximum atomic E-state index is 12.4. The first-order chi connectivity index (χ1) is 12.2. The van der Waals surface area contributed by atoms with Crippen LogP contribution in [0.5, 0.6) is 5.75 Å². The van der Waals surface area contributed by atoms with E-state index in [-0.39, 0.29) is 23.5 Å². The number of hydrogen-bond acceptors (Lipinski definition) is 5. The number of rotatable bonds is 6. The molecule has 2 rings (SSSR count). The average Bonchev–Trinajstić information content (AvgIpc) is 2.98. The molecule has 0 radical (unpaired) electrons. The highest BCUT2D eigenvalue weighted by Crippen LogP contribution is 2.17. The molecule has 7 nitrogen and oxygen atoms in total. The van der Waals surface area contributed by atoms with E-state index in [4.69, 9.17) is 4.74 Å². The molecule has 0 aromatic heterocycles. The molecule has 2 unspecified atom stereocenters. The molecule has 0 spiro atoms. The zero-order chi connectivity index (χ0) is 19.3. The number of benzene rings is 1. The molecule has 0 saturated carbocycles. The molecule has 8 heteroatoms. The summed E-state index contributed by atoms with van der Waals surface area (Å²) >= 11 is 0. The van der Waals surface area contributed by atoms with Crippen LogP contribution in [0.3, 0.4) is 0 Å². The highest BCUT2D eigenvalue weighted by atomic mass is 32.2. The van der Waals surface area contributed by atoms with Gasteiger partial charge in [-0.15, -0.1) is 0 Å². The molecule has 1 aliphatic heterocycles. The Labute approximate surface area is 153 Å². The summed E-state index contributed by atoms with van der Waals surface area (Å²) in [6.45, 7) is 1.58. The Morgan fingerprint density at radius 3 is 2.50 bits per heavy atom. The molecule has 2 amide bonds. The Morgan fingerprint density at radius 2 is 1.96 bits per heavy atom. The van der Waals surface area contributed by atoms with Crippen LogP contribution in [0.2, 0.25) is 0 Å². The van der Waals surface area contributed by atoms with Gasteiger partial charge in [-0.3, -0.25) is 9.59 Å². The zero-order valence-electron chi connectivity index (χ0n) is 15.1. The number of carbonyl (C=O) groups excluding carboxylic acids is 2. The van der Waals surface area contributed by atoms with Crippen LogP contribution < -0.4 is 10.1 Å². The normalized spacial score (nSPS) is 19.9. The van der Waals surface area contributed by atoms with Gasteiger partial charge in [-0.2, -0.15) is 0 Å². The predicted octanol–water partition coefficient (Wildman–Crippen LogP) is 0.859. The molecule has 1 heterocycles. The van der Waals surface area contributed by atoms with Crippen molar-refractivity contribution < 1.29 is 22.7 Å². The highest BCUT2D eigenvalue weighted by molar-refractivity contribution is 7.91. The third kappa shape index (κ3) is 5.32. The Hall–Kier alpha value is -2.35. The summed E-state index contributed by atoms with van der Waals surface area (Å²) in [5.74, 6) is 0.101. The van der Waals surface area contributed by atoms with Gasteiger partial charge < -0.3 is 15.0 Å². The summed E-state index contributed by atoms with van der Waals surface area (Å²) in [7, 11) is 0.0828. The van der Waals surface area contributed by atoms with Gasteiger partial charge in [-0.1, -0.05) is 12.1 Å². The minimum absolute atomic E-state index is 0.0206. The molecule has 1 aromatic rings. The van der Waals surface area contributed by atoms with Gasteiger partial charge in [0.25, 0.3) is 0 Å². The smallest absolute Gasteiger partial charge is 0.244 e. The van der Waals surface area contributed by atoms with Gasteiger partial charge in [-0.25, -0.2) is 8.42 Å². The lowest BCUT2D eigenvalue weighted by molar-refractivity contribution is -0.135. The van der Waals surface area contributed by atoms with Crippen molar-refractivity contribution in [2.75, 3.05) is 25.7 Å².